The minimum Gasteiger partial charge on any atom is -0.398 e. The first-order chi connectivity index (χ1) is 7.07. The van der Waals surface area contributed by atoms with Crippen LogP contribution in [0.25, 0.3) is 0 Å². The van der Waals surface area contributed by atoms with Crippen LogP contribution in [-0.4, -0.2) is 21.6 Å². The van der Waals surface area contributed by atoms with E-state index in [1.165, 1.54) is 18.2 Å². The van der Waals surface area contributed by atoms with Gasteiger partial charge in [0.15, 0.2) is 0 Å². The van der Waals surface area contributed by atoms with E-state index in [4.69, 9.17) is 5.73 Å². The van der Waals surface area contributed by atoms with E-state index in [-0.39, 0.29) is 11.3 Å². The maximum Gasteiger partial charge on any atom is 0.131 e. The highest BCUT2D eigenvalue weighted by molar-refractivity contribution is 9.09. The summed E-state index contributed by atoms with van der Waals surface area (Å²) in [6, 6.07) is 4.15. The molecule has 0 aliphatic heterocycles. The largest absolute Gasteiger partial charge is 0.398 e. The second kappa shape index (κ2) is 5.44. The fourth-order valence-corrected chi connectivity index (χ4v) is 1.80. The van der Waals surface area contributed by atoms with E-state index in [1.54, 1.807) is 0 Å². The smallest absolute Gasteiger partial charge is 0.131 e. The first-order valence-corrected chi connectivity index (χ1v) is 5.66. The van der Waals surface area contributed by atoms with Crippen LogP contribution in [-0.2, 0) is 0 Å². The molecule has 0 spiro atoms. The molecule has 84 valence electrons. The number of benzene rings is 1. The molecule has 5 heteroatoms. The van der Waals surface area contributed by atoms with Crippen LogP contribution in [0.1, 0.15) is 18.1 Å². The Bertz CT molecular complexity index is 315. The summed E-state index contributed by atoms with van der Waals surface area (Å²) < 4.78 is 13.3. The number of nitrogens with two attached hydrogens (primary N) is 1. The lowest BCUT2D eigenvalue weighted by Crippen LogP contribution is -2.20. The Kier molecular flexibility index (Phi) is 4.50. The molecule has 1 rings (SSSR count). The zero-order valence-corrected chi connectivity index (χ0v) is 9.61. The lowest BCUT2D eigenvalue weighted by molar-refractivity contribution is 0.0157. The summed E-state index contributed by atoms with van der Waals surface area (Å²) in [5, 5.41) is 19.7. The van der Waals surface area contributed by atoms with Crippen molar-refractivity contribution in [2.45, 2.75) is 18.6 Å². The van der Waals surface area contributed by atoms with Crippen LogP contribution in [0.5, 0.6) is 0 Å². The number of aliphatic hydroxyl groups is 2. The molecule has 0 aromatic heterocycles. The maximum atomic E-state index is 13.3. The Morgan fingerprint density at radius 2 is 2.07 bits per heavy atom. The first kappa shape index (κ1) is 12.4. The van der Waals surface area contributed by atoms with Gasteiger partial charge in [-0.15, -0.1) is 0 Å². The fourth-order valence-electron chi connectivity index (χ4n) is 1.33. The van der Waals surface area contributed by atoms with Crippen LogP contribution in [0.15, 0.2) is 18.2 Å². The summed E-state index contributed by atoms with van der Waals surface area (Å²) >= 11 is 3.13. The molecular weight excluding hydrogens is 265 g/mol. The Morgan fingerprint density at radius 3 is 2.60 bits per heavy atom. The minimum absolute atomic E-state index is 0.0362. The predicted molar refractivity (Wildman–Crippen MR) is 60.2 cm³/mol. The van der Waals surface area contributed by atoms with E-state index in [1.807, 2.05) is 0 Å². The quantitative estimate of drug-likeness (QED) is 0.578. The third-order valence-electron chi connectivity index (χ3n) is 2.15. The highest BCUT2D eigenvalue weighted by Gasteiger charge is 2.22. The van der Waals surface area contributed by atoms with E-state index in [9.17, 15) is 14.6 Å². The molecule has 1 aromatic rings. The van der Waals surface area contributed by atoms with Gasteiger partial charge in [-0.25, -0.2) is 4.39 Å². The summed E-state index contributed by atoms with van der Waals surface area (Å²) in [5.41, 5.74) is 5.65. The summed E-state index contributed by atoms with van der Waals surface area (Å²) in [5.74, 6) is -0.601. The van der Waals surface area contributed by atoms with Crippen molar-refractivity contribution in [3.8, 4) is 0 Å². The van der Waals surface area contributed by atoms with E-state index in [0.717, 1.165) is 0 Å². The number of aliphatic hydroxyl groups excluding tert-OH is 2. The average Bonchev–Trinajstić information content (AvgIpc) is 2.17. The number of anilines is 1. The number of halogens is 2. The molecule has 0 bridgehead atoms. The van der Waals surface area contributed by atoms with E-state index in [2.05, 4.69) is 15.9 Å². The second-order valence-corrected chi connectivity index (χ2v) is 4.03. The van der Waals surface area contributed by atoms with Crippen molar-refractivity contribution in [3.63, 3.8) is 0 Å². The van der Waals surface area contributed by atoms with Crippen molar-refractivity contribution in [3.05, 3.63) is 29.6 Å². The Balaban J connectivity index is 2.94. The molecule has 0 saturated carbocycles. The molecule has 0 aliphatic carbocycles. The fraction of sp³-hybridized carbons (Fsp3) is 0.400. The maximum absolute atomic E-state index is 13.3. The Morgan fingerprint density at radius 1 is 1.40 bits per heavy atom. The Labute approximate surface area is 95.9 Å². The van der Waals surface area contributed by atoms with Gasteiger partial charge in [-0.1, -0.05) is 22.0 Å². The molecule has 0 aliphatic rings. The lowest BCUT2D eigenvalue weighted by Gasteiger charge is -2.19. The average molecular weight is 278 g/mol. The summed E-state index contributed by atoms with van der Waals surface area (Å²) in [7, 11) is 0. The minimum atomic E-state index is -1.29. The molecule has 0 radical (unpaired) electrons. The van der Waals surface area contributed by atoms with Crippen molar-refractivity contribution in [1.82, 2.24) is 0 Å². The molecule has 3 nitrogen and oxygen atoms in total. The number of alkyl halides is 1. The summed E-state index contributed by atoms with van der Waals surface area (Å²) in [6.45, 7) is 0. The van der Waals surface area contributed by atoms with E-state index in [0.29, 0.717) is 11.8 Å². The third kappa shape index (κ3) is 2.90. The van der Waals surface area contributed by atoms with Gasteiger partial charge < -0.3 is 15.9 Å². The van der Waals surface area contributed by atoms with Crippen molar-refractivity contribution >= 4 is 21.6 Å². The standard InChI is InChI=1S/C10H13BrFNO2/c11-5-4-8(14)10(15)9-6(12)2-1-3-7(9)13/h1-3,8,10,14-15H,4-5,13H2. The van der Waals surface area contributed by atoms with Gasteiger partial charge in [-0.2, -0.15) is 0 Å². The number of nitrogen functional groups attached to an aromatic ring is 1. The van der Waals surface area contributed by atoms with Gasteiger partial charge in [0.05, 0.1) is 6.10 Å². The van der Waals surface area contributed by atoms with Gasteiger partial charge in [0.25, 0.3) is 0 Å². The summed E-state index contributed by atoms with van der Waals surface area (Å²) in [6.07, 6.45) is -1.98. The number of rotatable bonds is 4. The van der Waals surface area contributed by atoms with Crippen LogP contribution >= 0.6 is 15.9 Å². The van der Waals surface area contributed by atoms with Crippen molar-refractivity contribution in [2.24, 2.45) is 0 Å². The second-order valence-electron chi connectivity index (χ2n) is 3.23. The van der Waals surface area contributed by atoms with Crippen LogP contribution in [0.2, 0.25) is 0 Å². The lowest BCUT2D eigenvalue weighted by atomic mass is 10.0. The zero-order valence-electron chi connectivity index (χ0n) is 8.03. The molecule has 2 atom stereocenters. The highest BCUT2D eigenvalue weighted by Crippen LogP contribution is 2.27. The van der Waals surface area contributed by atoms with Gasteiger partial charge in [-0.05, 0) is 18.6 Å². The molecule has 1 aromatic carbocycles. The first-order valence-electron chi connectivity index (χ1n) is 4.54. The van der Waals surface area contributed by atoms with Crippen molar-refractivity contribution < 1.29 is 14.6 Å². The number of hydrogen-bond donors (Lipinski definition) is 3. The van der Waals surface area contributed by atoms with Gasteiger partial charge in [0.1, 0.15) is 11.9 Å². The summed E-state index contributed by atoms with van der Waals surface area (Å²) in [4.78, 5) is 0. The van der Waals surface area contributed by atoms with Crippen LogP contribution in [0.3, 0.4) is 0 Å². The third-order valence-corrected chi connectivity index (χ3v) is 2.61. The van der Waals surface area contributed by atoms with Gasteiger partial charge in [-0.3, -0.25) is 0 Å². The normalized spacial score (nSPS) is 14.9. The molecule has 0 amide bonds. The molecule has 4 N–H and O–H groups in total. The molecule has 0 saturated heterocycles. The molecular formula is C10H13BrFNO2. The molecule has 2 unspecified atom stereocenters. The zero-order chi connectivity index (χ0) is 11.4. The van der Waals surface area contributed by atoms with Gasteiger partial charge in [0.2, 0.25) is 0 Å². The highest BCUT2D eigenvalue weighted by atomic mass is 79.9. The van der Waals surface area contributed by atoms with E-state index >= 15 is 0 Å². The van der Waals surface area contributed by atoms with Crippen LogP contribution in [0, 0.1) is 5.82 Å². The van der Waals surface area contributed by atoms with Gasteiger partial charge in [0, 0.05) is 16.6 Å². The Hall–Kier alpha value is -0.650. The predicted octanol–water partition coefficient (Wildman–Crippen LogP) is 1.59. The van der Waals surface area contributed by atoms with Crippen molar-refractivity contribution in [2.75, 3.05) is 11.1 Å². The SMILES string of the molecule is Nc1cccc(F)c1C(O)C(O)CCBr. The van der Waals surface area contributed by atoms with Gasteiger partial charge >= 0.3 is 0 Å². The molecule has 0 fully saturated rings. The molecule has 15 heavy (non-hydrogen) atoms. The number of hydrogen-bond acceptors (Lipinski definition) is 3. The van der Waals surface area contributed by atoms with Crippen molar-refractivity contribution in [1.29, 1.82) is 0 Å². The van der Waals surface area contributed by atoms with E-state index < -0.39 is 18.0 Å². The monoisotopic (exact) mass is 277 g/mol. The molecule has 0 heterocycles. The van der Waals surface area contributed by atoms with Crippen LogP contribution in [0.4, 0.5) is 10.1 Å². The topological polar surface area (TPSA) is 66.5 Å². The van der Waals surface area contributed by atoms with Crippen LogP contribution < -0.4 is 5.73 Å².